The summed E-state index contributed by atoms with van der Waals surface area (Å²) in [4.78, 5) is 13.7. The van der Waals surface area contributed by atoms with E-state index in [2.05, 4.69) is 4.98 Å². The van der Waals surface area contributed by atoms with Crippen molar-refractivity contribution >= 4 is 10.8 Å². The van der Waals surface area contributed by atoms with Crippen LogP contribution in [0.4, 0.5) is 0 Å². The molecule has 1 aliphatic carbocycles. The molecule has 1 fully saturated rings. The molecule has 0 unspecified atom stereocenters. The van der Waals surface area contributed by atoms with Gasteiger partial charge in [0.1, 0.15) is 0 Å². The van der Waals surface area contributed by atoms with Gasteiger partial charge in [-0.3, -0.25) is 4.79 Å². The minimum Gasteiger partial charge on any atom is -0.329 e. The number of aromatic nitrogens is 1. The molecule has 0 amide bonds. The molecular formula is C15H20N2O. The molecule has 96 valence electrons. The maximum atomic E-state index is 11.1. The van der Waals surface area contributed by atoms with Crippen molar-refractivity contribution in [3.05, 3.63) is 46.9 Å². The van der Waals surface area contributed by atoms with E-state index in [1.807, 2.05) is 30.3 Å². The second kappa shape index (κ2) is 6.36. The lowest BCUT2D eigenvalue weighted by molar-refractivity contribution is 0.441. The average molecular weight is 244 g/mol. The Hall–Kier alpha value is -1.61. The number of H-pyrrole nitrogens is 1. The third-order valence-corrected chi connectivity index (χ3v) is 3.33. The molecule has 1 aromatic heterocycles. The number of nitrogens with two attached hydrogens (primary N) is 1. The van der Waals surface area contributed by atoms with Gasteiger partial charge in [-0.05, 0) is 30.4 Å². The van der Waals surface area contributed by atoms with Crippen LogP contribution in [0.2, 0.25) is 0 Å². The number of rotatable bonds is 0. The monoisotopic (exact) mass is 244 g/mol. The third kappa shape index (κ3) is 3.44. The Bertz CT molecular complexity index is 536. The minimum atomic E-state index is -0.0249. The van der Waals surface area contributed by atoms with Crippen LogP contribution in [0.15, 0.2) is 41.3 Å². The molecule has 0 spiro atoms. The minimum absolute atomic E-state index is 0.0249. The molecule has 0 bridgehead atoms. The molecule has 1 aromatic carbocycles. The SMILES string of the molecule is NC1CCCCC1.O=c1[nH]ccc2ccccc12. The Balaban J connectivity index is 0.000000149. The molecule has 3 nitrogen and oxygen atoms in total. The maximum Gasteiger partial charge on any atom is 0.255 e. The van der Waals surface area contributed by atoms with Crippen molar-refractivity contribution in [2.24, 2.45) is 5.73 Å². The number of aromatic amines is 1. The number of nitrogens with one attached hydrogen (secondary N) is 1. The zero-order valence-corrected chi connectivity index (χ0v) is 10.6. The molecule has 1 heterocycles. The second-order valence-corrected chi connectivity index (χ2v) is 4.79. The van der Waals surface area contributed by atoms with Gasteiger partial charge < -0.3 is 10.7 Å². The van der Waals surface area contributed by atoms with E-state index in [0.29, 0.717) is 6.04 Å². The highest BCUT2D eigenvalue weighted by molar-refractivity contribution is 5.80. The van der Waals surface area contributed by atoms with Crippen molar-refractivity contribution in [2.75, 3.05) is 0 Å². The molecule has 1 aliphatic rings. The van der Waals surface area contributed by atoms with Crippen LogP contribution in [0.5, 0.6) is 0 Å². The molecule has 3 N–H and O–H groups in total. The maximum absolute atomic E-state index is 11.1. The first-order valence-corrected chi connectivity index (χ1v) is 6.59. The van der Waals surface area contributed by atoms with Gasteiger partial charge in [-0.25, -0.2) is 0 Å². The Morgan fingerprint density at radius 1 is 1.06 bits per heavy atom. The molecule has 18 heavy (non-hydrogen) atoms. The first kappa shape index (κ1) is 12.8. The topological polar surface area (TPSA) is 58.9 Å². The Morgan fingerprint density at radius 3 is 2.39 bits per heavy atom. The summed E-state index contributed by atoms with van der Waals surface area (Å²) in [6, 6.07) is 9.93. The van der Waals surface area contributed by atoms with Gasteiger partial charge in [0.15, 0.2) is 0 Å². The summed E-state index contributed by atoms with van der Waals surface area (Å²) in [5.74, 6) is 0. The second-order valence-electron chi connectivity index (χ2n) is 4.79. The normalized spacial score (nSPS) is 16.1. The Kier molecular flexibility index (Phi) is 4.53. The van der Waals surface area contributed by atoms with Gasteiger partial charge >= 0.3 is 0 Å². The van der Waals surface area contributed by atoms with E-state index in [9.17, 15) is 4.79 Å². The Morgan fingerprint density at radius 2 is 1.78 bits per heavy atom. The van der Waals surface area contributed by atoms with Gasteiger partial charge in [0.05, 0.1) is 0 Å². The summed E-state index contributed by atoms with van der Waals surface area (Å²) in [7, 11) is 0. The quantitative estimate of drug-likeness (QED) is 0.748. The standard InChI is InChI=1S/C9H7NO.C6H13N/c11-9-8-4-2-1-3-7(8)5-6-10-9;7-6-4-2-1-3-5-6/h1-6H,(H,10,11);6H,1-5,7H2. The van der Waals surface area contributed by atoms with Gasteiger partial charge in [-0.1, -0.05) is 37.5 Å². The molecule has 0 radical (unpaired) electrons. The number of pyridine rings is 1. The van der Waals surface area contributed by atoms with E-state index in [-0.39, 0.29) is 5.56 Å². The zero-order chi connectivity index (χ0) is 12.8. The highest BCUT2D eigenvalue weighted by Gasteiger charge is 2.06. The number of hydrogen-bond donors (Lipinski definition) is 2. The summed E-state index contributed by atoms with van der Waals surface area (Å²) in [6.45, 7) is 0. The van der Waals surface area contributed by atoms with Crippen molar-refractivity contribution in [2.45, 2.75) is 38.1 Å². The van der Waals surface area contributed by atoms with E-state index < -0.39 is 0 Å². The largest absolute Gasteiger partial charge is 0.329 e. The summed E-state index contributed by atoms with van der Waals surface area (Å²) in [5, 5.41) is 1.73. The smallest absolute Gasteiger partial charge is 0.255 e. The van der Waals surface area contributed by atoms with Crippen LogP contribution in [0.25, 0.3) is 10.8 Å². The highest BCUT2D eigenvalue weighted by atomic mass is 16.1. The highest BCUT2D eigenvalue weighted by Crippen LogP contribution is 2.14. The van der Waals surface area contributed by atoms with Gasteiger partial charge in [0, 0.05) is 17.6 Å². The lowest BCUT2D eigenvalue weighted by Crippen LogP contribution is -2.22. The molecule has 0 atom stereocenters. The van der Waals surface area contributed by atoms with E-state index in [0.717, 1.165) is 10.8 Å². The van der Waals surface area contributed by atoms with Crippen molar-refractivity contribution in [3.8, 4) is 0 Å². The Labute approximate surface area is 107 Å². The number of hydrogen-bond acceptors (Lipinski definition) is 2. The van der Waals surface area contributed by atoms with Gasteiger partial charge in [0.25, 0.3) is 5.56 Å². The fourth-order valence-corrected chi connectivity index (χ4v) is 2.27. The van der Waals surface area contributed by atoms with Gasteiger partial charge in [-0.2, -0.15) is 0 Å². The predicted molar refractivity (Wildman–Crippen MR) is 75.6 cm³/mol. The third-order valence-electron chi connectivity index (χ3n) is 3.33. The predicted octanol–water partition coefficient (Wildman–Crippen LogP) is 2.81. The van der Waals surface area contributed by atoms with Crippen LogP contribution in [0, 0.1) is 0 Å². The molecule has 2 aromatic rings. The van der Waals surface area contributed by atoms with Crippen LogP contribution < -0.4 is 11.3 Å². The van der Waals surface area contributed by atoms with Crippen molar-refractivity contribution < 1.29 is 0 Å². The molecule has 3 rings (SSSR count). The summed E-state index contributed by atoms with van der Waals surface area (Å²) < 4.78 is 0. The molecule has 0 saturated heterocycles. The van der Waals surface area contributed by atoms with Crippen molar-refractivity contribution in [1.82, 2.24) is 4.98 Å². The molecule has 3 heteroatoms. The number of benzene rings is 1. The van der Waals surface area contributed by atoms with Crippen LogP contribution >= 0.6 is 0 Å². The first-order chi connectivity index (χ1) is 8.77. The van der Waals surface area contributed by atoms with Gasteiger partial charge in [-0.15, -0.1) is 0 Å². The first-order valence-electron chi connectivity index (χ1n) is 6.59. The van der Waals surface area contributed by atoms with E-state index >= 15 is 0 Å². The zero-order valence-electron chi connectivity index (χ0n) is 10.6. The van der Waals surface area contributed by atoms with Crippen molar-refractivity contribution in [3.63, 3.8) is 0 Å². The van der Waals surface area contributed by atoms with Crippen molar-refractivity contribution in [1.29, 1.82) is 0 Å². The summed E-state index contributed by atoms with van der Waals surface area (Å²) in [6.07, 6.45) is 8.32. The number of fused-ring (bicyclic) bond motifs is 1. The average Bonchev–Trinajstić information content (AvgIpc) is 2.41. The van der Waals surface area contributed by atoms with E-state index in [4.69, 9.17) is 5.73 Å². The van der Waals surface area contributed by atoms with Crippen LogP contribution in [-0.4, -0.2) is 11.0 Å². The fraction of sp³-hybridized carbons (Fsp3) is 0.400. The van der Waals surface area contributed by atoms with Crippen LogP contribution in [0.3, 0.4) is 0 Å². The van der Waals surface area contributed by atoms with Crippen LogP contribution in [-0.2, 0) is 0 Å². The molecule has 0 aliphatic heterocycles. The van der Waals surface area contributed by atoms with Gasteiger partial charge in [0.2, 0.25) is 0 Å². The van der Waals surface area contributed by atoms with E-state index in [1.165, 1.54) is 32.1 Å². The lowest BCUT2D eigenvalue weighted by Gasteiger charge is -2.15. The summed E-state index contributed by atoms with van der Waals surface area (Å²) >= 11 is 0. The fourth-order valence-electron chi connectivity index (χ4n) is 2.27. The molecule has 1 saturated carbocycles. The lowest BCUT2D eigenvalue weighted by atomic mass is 9.97. The van der Waals surface area contributed by atoms with Crippen LogP contribution in [0.1, 0.15) is 32.1 Å². The summed E-state index contributed by atoms with van der Waals surface area (Å²) in [5.41, 5.74) is 5.61. The molecular weight excluding hydrogens is 224 g/mol. The van der Waals surface area contributed by atoms with E-state index in [1.54, 1.807) is 6.20 Å².